The van der Waals surface area contributed by atoms with E-state index in [2.05, 4.69) is 16.8 Å². The van der Waals surface area contributed by atoms with Crippen LogP contribution < -0.4 is 0 Å². The summed E-state index contributed by atoms with van der Waals surface area (Å²) in [7, 11) is 0. The first-order chi connectivity index (χ1) is 16.2. The number of rotatable bonds is 6. The van der Waals surface area contributed by atoms with Crippen molar-refractivity contribution in [3.05, 3.63) is 53.9 Å². The molecule has 3 heterocycles. The third-order valence-corrected chi connectivity index (χ3v) is 6.64. The topological polar surface area (TPSA) is 54.9 Å². The van der Waals surface area contributed by atoms with Gasteiger partial charge in [-0.15, -0.1) is 0 Å². The summed E-state index contributed by atoms with van der Waals surface area (Å²) < 4.78 is 51.4. The van der Waals surface area contributed by atoms with E-state index in [9.17, 15) is 18.0 Å². The fourth-order valence-corrected chi connectivity index (χ4v) is 4.80. The molecule has 4 rings (SSSR count). The molecule has 0 bridgehead atoms. The standard InChI is InChI=1S/C25H30F3N3O3/c1-16(30-10-12-33-13-11-30)20-9-8-19(15-29-20)17-4-6-18(7-5-17)22-21(14-26)31(24(32)23(27)28)25(2,3)34-22/h4-9,15-16,21-23H,10-14H2,1-3H3. The number of carbonyl (C=O) groups excluding carboxylic acids is 1. The molecule has 0 radical (unpaired) electrons. The fourth-order valence-electron chi connectivity index (χ4n) is 4.80. The number of nitrogens with zero attached hydrogens (tertiary/aromatic N) is 3. The van der Waals surface area contributed by atoms with Crippen LogP contribution in [0.2, 0.25) is 0 Å². The summed E-state index contributed by atoms with van der Waals surface area (Å²) in [5.41, 5.74) is 2.10. The van der Waals surface area contributed by atoms with Crippen molar-refractivity contribution in [2.75, 3.05) is 33.0 Å². The first-order valence-corrected chi connectivity index (χ1v) is 11.5. The quantitative estimate of drug-likeness (QED) is 0.618. The summed E-state index contributed by atoms with van der Waals surface area (Å²) >= 11 is 0. The lowest BCUT2D eigenvalue weighted by atomic mass is 9.99. The number of morpholine rings is 1. The van der Waals surface area contributed by atoms with Gasteiger partial charge < -0.3 is 14.4 Å². The Labute approximate surface area is 197 Å². The van der Waals surface area contributed by atoms with Crippen LogP contribution in [0.5, 0.6) is 0 Å². The highest BCUT2D eigenvalue weighted by molar-refractivity contribution is 5.80. The minimum absolute atomic E-state index is 0.194. The molecule has 0 spiro atoms. The summed E-state index contributed by atoms with van der Waals surface area (Å²) in [5, 5.41) is 0. The highest BCUT2D eigenvalue weighted by Crippen LogP contribution is 2.42. The highest BCUT2D eigenvalue weighted by atomic mass is 19.3. The van der Waals surface area contributed by atoms with E-state index in [0.717, 1.165) is 48.0 Å². The van der Waals surface area contributed by atoms with Gasteiger partial charge in [-0.05, 0) is 38.0 Å². The molecule has 3 atom stereocenters. The number of benzene rings is 1. The zero-order valence-electron chi connectivity index (χ0n) is 19.6. The number of hydrogen-bond donors (Lipinski definition) is 0. The summed E-state index contributed by atoms with van der Waals surface area (Å²) in [5.74, 6) is -1.43. The van der Waals surface area contributed by atoms with Crippen LogP contribution >= 0.6 is 0 Å². The lowest BCUT2D eigenvalue weighted by Gasteiger charge is -2.32. The van der Waals surface area contributed by atoms with Crippen molar-refractivity contribution in [2.24, 2.45) is 0 Å². The van der Waals surface area contributed by atoms with Crippen LogP contribution in [-0.2, 0) is 14.3 Å². The molecule has 1 amide bonds. The van der Waals surface area contributed by atoms with E-state index in [0.29, 0.717) is 5.56 Å². The van der Waals surface area contributed by atoms with Gasteiger partial charge in [0, 0.05) is 30.9 Å². The van der Waals surface area contributed by atoms with Crippen LogP contribution in [0.15, 0.2) is 42.6 Å². The Morgan fingerprint density at radius 2 is 1.76 bits per heavy atom. The first-order valence-electron chi connectivity index (χ1n) is 11.5. The van der Waals surface area contributed by atoms with Crippen LogP contribution in [-0.4, -0.2) is 71.9 Å². The molecule has 2 aromatic rings. The Morgan fingerprint density at radius 1 is 1.12 bits per heavy atom. The molecule has 34 heavy (non-hydrogen) atoms. The predicted molar refractivity (Wildman–Crippen MR) is 121 cm³/mol. The third kappa shape index (κ3) is 4.82. The molecule has 2 aliphatic heterocycles. The Balaban J connectivity index is 1.50. The van der Waals surface area contributed by atoms with E-state index in [1.54, 1.807) is 12.1 Å². The predicted octanol–water partition coefficient (Wildman–Crippen LogP) is 4.38. The summed E-state index contributed by atoms with van der Waals surface area (Å²) in [6.45, 7) is 7.36. The van der Waals surface area contributed by atoms with Crippen molar-refractivity contribution < 1.29 is 27.4 Å². The van der Waals surface area contributed by atoms with E-state index < -0.39 is 36.9 Å². The van der Waals surface area contributed by atoms with E-state index in [1.807, 2.05) is 30.5 Å². The smallest absolute Gasteiger partial charge is 0.315 e. The van der Waals surface area contributed by atoms with Crippen molar-refractivity contribution in [2.45, 2.75) is 51.1 Å². The maximum Gasteiger partial charge on any atom is 0.315 e. The minimum Gasteiger partial charge on any atom is -0.379 e. The van der Waals surface area contributed by atoms with Crippen molar-refractivity contribution in [3.63, 3.8) is 0 Å². The number of amides is 1. The van der Waals surface area contributed by atoms with Gasteiger partial charge in [-0.25, -0.2) is 4.39 Å². The normalized spacial score (nSPS) is 23.9. The van der Waals surface area contributed by atoms with Gasteiger partial charge >= 0.3 is 6.43 Å². The van der Waals surface area contributed by atoms with Crippen molar-refractivity contribution in [1.29, 1.82) is 0 Å². The van der Waals surface area contributed by atoms with E-state index in [-0.39, 0.29) is 6.04 Å². The molecule has 0 aliphatic carbocycles. The second-order valence-electron chi connectivity index (χ2n) is 9.13. The number of ether oxygens (including phenoxy) is 2. The molecule has 9 heteroatoms. The molecule has 6 nitrogen and oxygen atoms in total. The number of alkyl halides is 3. The van der Waals surface area contributed by atoms with Gasteiger partial charge in [0.05, 0.1) is 24.9 Å². The minimum atomic E-state index is -3.22. The van der Waals surface area contributed by atoms with Gasteiger partial charge in [0.15, 0.2) is 0 Å². The molecule has 2 aliphatic rings. The first kappa shape index (κ1) is 24.6. The molecule has 0 saturated carbocycles. The summed E-state index contributed by atoms with van der Waals surface area (Å²) in [6, 6.07) is 10.4. The maximum absolute atomic E-state index is 13.9. The molecular weight excluding hydrogens is 447 g/mol. The maximum atomic E-state index is 13.9. The number of carbonyl (C=O) groups is 1. The Hall–Kier alpha value is -2.49. The highest BCUT2D eigenvalue weighted by Gasteiger charge is 2.52. The number of halogens is 3. The van der Waals surface area contributed by atoms with Crippen LogP contribution in [0.3, 0.4) is 0 Å². The average Bonchev–Trinajstić information content (AvgIpc) is 3.13. The van der Waals surface area contributed by atoms with Crippen LogP contribution in [0.4, 0.5) is 13.2 Å². The van der Waals surface area contributed by atoms with Crippen LogP contribution in [0, 0.1) is 0 Å². The molecule has 1 aromatic carbocycles. The monoisotopic (exact) mass is 477 g/mol. The fraction of sp³-hybridized carbons (Fsp3) is 0.520. The number of pyridine rings is 1. The van der Waals surface area contributed by atoms with Gasteiger partial charge in [0.2, 0.25) is 0 Å². The SMILES string of the molecule is CC(c1ccc(-c2ccc(C3OC(C)(C)N(C(=O)C(F)F)C3CF)cc2)cn1)N1CCOCC1. The van der Waals surface area contributed by atoms with Gasteiger partial charge in [0.25, 0.3) is 5.91 Å². The average molecular weight is 478 g/mol. The third-order valence-electron chi connectivity index (χ3n) is 6.64. The summed E-state index contributed by atoms with van der Waals surface area (Å²) in [6.07, 6.45) is -2.24. The second kappa shape index (κ2) is 10.0. The molecule has 3 unspecified atom stereocenters. The second-order valence-corrected chi connectivity index (χ2v) is 9.13. The van der Waals surface area contributed by atoms with E-state index >= 15 is 0 Å². The largest absolute Gasteiger partial charge is 0.379 e. The summed E-state index contributed by atoms with van der Waals surface area (Å²) in [4.78, 5) is 19.9. The molecule has 0 N–H and O–H groups in total. The number of aromatic nitrogens is 1. The molecule has 1 aromatic heterocycles. The van der Waals surface area contributed by atoms with Gasteiger partial charge in [0.1, 0.15) is 18.5 Å². The Kier molecular flexibility index (Phi) is 7.25. The zero-order valence-corrected chi connectivity index (χ0v) is 19.6. The van der Waals surface area contributed by atoms with Gasteiger partial charge in [-0.1, -0.05) is 30.3 Å². The lowest BCUT2D eigenvalue weighted by molar-refractivity contribution is -0.159. The van der Waals surface area contributed by atoms with Crippen molar-refractivity contribution in [1.82, 2.24) is 14.8 Å². The van der Waals surface area contributed by atoms with E-state index in [4.69, 9.17) is 9.47 Å². The van der Waals surface area contributed by atoms with Gasteiger partial charge in [-0.3, -0.25) is 14.7 Å². The van der Waals surface area contributed by atoms with Crippen molar-refractivity contribution in [3.8, 4) is 11.1 Å². The van der Waals surface area contributed by atoms with Crippen LogP contribution in [0.25, 0.3) is 11.1 Å². The van der Waals surface area contributed by atoms with Crippen molar-refractivity contribution >= 4 is 5.91 Å². The zero-order chi connectivity index (χ0) is 24.5. The molecule has 184 valence electrons. The lowest BCUT2D eigenvalue weighted by Crippen LogP contribution is -2.51. The Bertz CT molecular complexity index is 979. The molecular formula is C25H30F3N3O3. The molecule has 2 fully saturated rings. The molecule has 2 saturated heterocycles. The number of hydrogen-bond acceptors (Lipinski definition) is 5. The van der Waals surface area contributed by atoms with E-state index in [1.165, 1.54) is 13.8 Å². The van der Waals surface area contributed by atoms with Crippen LogP contribution in [0.1, 0.15) is 44.2 Å². The van der Waals surface area contributed by atoms with Gasteiger partial charge in [-0.2, -0.15) is 8.78 Å². The Morgan fingerprint density at radius 3 is 2.32 bits per heavy atom.